The van der Waals surface area contributed by atoms with E-state index in [0.29, 0.717) is 22.2 Å². The molecule has 25 heavy (non-hydrogen) atoms. The largest absolute Gasteiger partial charge is 0.495 e. The van der Waals surface area contributed by atoms with Crippen molar-refractivity contribution < 1.29 is 14.3 Å². The second-order valence-electron chi connectivity index (χ2n) is 5.99. The smallest absolute Gasteiger partial charge is 0.246 e. The van der Waals surface area contributed by atoms with Crippen molar-refractivity contribution in [2.24, 2.45) is 0 Å². The zero-order valence-corrected chi connectivity index (χ0v) is 15.3. The summed E-state index contributed by atoms with van der Waals surface area (Å²) in [5.41, 5.74) is 2.86. The van der Waals surface area contributed by atoms with Gasteiger partial charge >= 0.3 is 0 Å². The molecule has 1 atom stereocenters. The molecule has 1 aliphatic heterocycles. The standard InChI is InChI=1S/C19H21ClN2O3/c1-12-8-13-6-4-5-7-16(13)22(12)19(23)11-21-15-10-17(24-2)14(20)9-18(15)25-3/h4-7,9-10,12,21H,8,11H2,1-3H3/t12-/m0/s1. The van der Waals surface area contributed by atoms with Gasteiger partial charge in [-0.05, 0) is 25.0 Å². The molecule has 132 valence electrons. The summed E-state index contributed by atoms with van der Waals surface area (Å²) < 4.78 is 10.6. The van der Waals surface area contributed by atoms with E-state index < -0.39 is 0 Å². The van der Waals surface area contributed by atoms with Gasteiger partial charge in [0.05, 0.1) is 31.5 Å². The highest BCUT2D eigenvalue weighted by Gasteiger charge is 2.30. The van der Waals surface area contributed by atoms with Crippen LogP contribution in [0.3, 0.4) is 0 Å². The maximum atomic E-state index is 12.8. The van der Waals surface area contributed by atoms with Crippen molar-refractivity contribution in [3.05, 3.63) is 47.0 Å². The van der Waals surface area contributed by atoms with Crippen LogP contribution >= 0.6 is 11.6 Å². The summed E-state index contributed by atoms with van der Waals surface area (Å²) in [5.74, 6) is 1.10. The van der Waals surface area contributed by atoms with Crippen molar-refractivity contribution in [3.63, 3.8) is 0 Å². The molecule has 2 aromatic rings. The van der Waals surface area contributed by atoms with E-state index in [1.807, 2.05) is 23.1 Å². The lowest BCUT2D eigenvalue weighted by Crippen LogP contribution is -2.39. The molecule has 3 rings (SSSR count). The Hall–Kier alpha value is -2.40. The van der Waals surface area contributed by atoms with Crippen molar-refractivity contribution in [3.8, 4) is 11.5 Å². The average Bonchev–Trinajstić information content (AvgIpc) is 2.95. The van der Waals surface area contributed by atoms with E-state index in [1.165, 1.54) is 5.56 Å². The lowest BCUT2D eigenvalue weighted by Gasteiger charge is -2.23. The van der Waals surface area contributed by atoms with Gasteiger partial charge in [0, 0.05) is 23.9 Å². The van der Waals surface area contributed by atoms with Crippen molar-refractivity contribution in [1.82, 2.24) is 0 Å². The highest BCUT2D eigenvalue weighted by Crippen LogP contribution is 2.36. The zero-order valence-electron chi connectivity index (χ0n) is 14.5. The van der Waals surface area contributed by atoms with Crippen molar-refractivity contribution in [1.29, 1.82) is 0 Å². The molecule has 0 saturated carbocycles. The van der Waals surface area contributed by atoms with Crippen molar-refractivity contribution in [2.45, 2.75) is 19.4 Å². The number of hydrogen-bond acceptors (Lipinski definition) is 4. The Morgan fingerprint density at radius 1 is 1.24 bits per heavy atom. The molecule has 0 spiro atoms. The first-order chi connectivity index (χ1) is 12.0. The molecule has 0 aliphatic carbocycles. The maximum absolute atomic E-state index is 12.8. The third-order valence-electron chi connectivity index (χ3n) is 4.38. The van der Waals surface area contributed by atoms with E-state index in [-0.39, 0.29) is 18.5 Å². The Morgan fingerprint density at radius 3 is 2.68 bits per heavy atom. The quantitative estimate of drug-likeness (QED) is 0.882. The second-order valence-corrected chi connectivity index (χ2v) is 6.39. The van der Waals surface area contributed by atoms with Crippen LogP contribution in [-0.2, 0) is 11.2 Å². The maximum Gasteiger partial charge on any atom is 0.246 e. The van der Waals surface area contributed by atoms with Gasteiger partial charge in [0.2, 0.25) is 5.91 Å². The van der Waals surface area contributed by atoms with Crippen molar-refractivity contribution in [2.75, 3.05) is 31.0 Å². The van der Waals surface area contributed by atoms with Crippen LogP contribution in [0.25, 0.3) is 0 Å². The average molecular weight is 361 g/mol. The summed E-state index contributed by atoms with van der Waals surface area (Å²) in [6.07, 6.45) is 0.875. The summed E-state index contributed by atoms with van der Waals surface area (Å²) >= 11 is 6.11. The molecule has 0 saturated heterocycles. The van der Waals surface area contributed by atoms with E-state index in [2.05, 4.69) is 18.3 Å². The number of nitrogens with one attached hydrogen (secondary N) is 1. The fourth-order valence-corrected chi connectivity index (χ4v) is 3.43. The number of rotatable bonds is 5. The van der Waals surface area contributed by atoms with Crippen LogP contribution in [0.4, 0.5) is 11.4 Å². The predicted octanol–water partition coefficient (Wildman–Crippen LogP) is 3.75. The predicted molar refractivity (Wildman–Crippen MR) is 100 cm³/mol. The van der Waals surface area contributed by atoms with Gasteiger partial charge in [-0.3, -0.25) is 4.79 Å². The monoisotopic (exact) mass is 360 g/mol. The van der Waals surface area contributed by atoms with Gasteiger partial charge in [-0.25, -0.2) is 0 Å². The Morgan fingerprint density at radius 2 is 1.96 bits per heavy atom. The number of para-hydroxylation sites is 1. The summed E-state index contributed by atoms with van der Waals surface area (Å²) in [5, 5.41) is 3.60. The number of methoxy groups -OCH3 is 2. The Labute approximate surface area is 152 Å². The lowest BCUT2D eigenvalue weighted by atomic mass is 10.1. The molecule has 0 aromatic heterocycles. The highest BCUT2D eigenvalue weighted by molar-refractivity contribution is 6.32. The van der Waals surface area contributed by atoms with Crippen LogP contribution in [0, 0.1) is 0 Å². The van der Waals surface area contributed by atoms with E-state index >= 15 is 0 Å². The summed E-state index contributed by atoms with van der Waals surface area (Å²) in [6, 6.07) is 11.6. The molecule has 1 amide bonds. The number of fused-ring (bicyclic) bond motifs is 1. The molecule has 0 bridgehead atoms. The highest BCUT2D eigenvalue weighted by atomic mass is 35.5. The molecule has 1 heterocycles. The number of amides is 1. The SMILES string of the molecule is COc1cc(NCC(=O)N2c3ccccc3C[C@@H]2C)c(OC)cc1Cl. The fourth-order valence-electron chi connectivity index (χ4n) is 3.20. The minimum Gasteiger partial charge on any atom is -0.495 e. The first-order valence-corrected chi connectivity index (χ1v) is 8.48. The second kappa shape index (κ2) is 7.23. The zero-order chi connectivity index (χ0) is 18.0. The Bertz CT molecular complexity index is 794. The van der Waals surface area contributed by atoms with Crippen LogP contribution in [0.15, 0.2) is 36.4 Å². The summed E-state index contributed by atoms with van der Waals surface area (Å²) in [7, 11) is 3.11. The van der Waals surface area contributed by atoms with Gasteiger partial charge in [-0.15, -0.1) is 0 Å². The first-order valence-electron chi connectivity index (χ1n) is 8.10. The first kappa shape index (κ1) is 17.4. The molecule has 2 aromatic carbocycles. The molecular formula is C19H21ClN2O3. The summed E-state index contributed by atoms with van der Waals surface area (Å²) in [6.45, 7) is 2.21. The molecular weight excluding hydrogens is 340 g/mol. The minimum absolute atomic E-state index is 0.00780. The molecule has 0 radical (unpaired) electrons. The number of hydrogen-bond donors (Lipinski definition) is 1. The van der Waals surface area contributed by atoms with Gasteiger partial charge in [-0.2, -0.15) is 0 Å². The molecule has 0 unspecified atom stereocenters. The summed E-state index contributed by atoms with van der Waals surface area (Å²) in [4.78, 5) is 14.6. The number of nitrogens with zero attached hydrogens (tertiary/aromatic N) is 1. The number of halogens is 1. The number of benzene rings is 2. The third-order valence-corrected chi connectivity index (χ3v) is 4.68. The van der Waals surface area contributed by atoms with Gasteiger partial charge in [-0.1, -0.05) is 29.8 Å². The van der Waals surface area contributed by atoms with E-state index in [0.717, 1.165) is 12.1 Å². The number of ether oxygens (including phenoxy) is 2. The molecule has 1 aliphatic rings. The van der Waals surface area contributed by atoms with Gasteiger partial charge < -0.3 is 19.7 Å². The van der Waals surface area contributed by atoms with E-state index in [4.69, 9.17) is 21.1 Å². The number of carbonyl (C=O) groups excluding carboxylic acids is 1. The molecule has 1 N–H and O–H groups in total. The van der Waals surface area contributed by atoms with Crippen LogP contribution in [0.1, 0.15) is 12.5 Å². The molecule has 0 fully saturated rings. The Kier molecular flexibility index (Phi) is 5.04. The third kappa shape index (κ3) is 3.37. The van der Waals surface area contributed by atoms with Crippen molar-refractivity contribution >= 4 is 28.9 Å². The van der Waals surface area contributed by atoms with Gasteiger partial charge in [0.15, 0.2) is 0 Å². The van der Waals surface area contributed by atoms with Crippen LogP contribution in [-0.4, -0.2) is 32.7 Å². The van der Waals surface area contributed by atoms with E-state index in [9.17, 15) is 4.79 Å². The minimum atomic E-state index is 0.00780. The van der Waals surface area contributed by atoms with Gasteiger partial charge in [0.1, 0.15) is 11.5 Å². The fraction of sp³-hybridized carbons (Fsp3) is 0.316. The molecule has 5 nitrogen and oxygen atoms in total. The van der Waals surface area contributed by atoms with E-state index in [1.54, 1.807) is 26.4 Å². The lowest BCUT2D eigenvalue weighted by molar-refractivity contribution is -0.117. The normalized spacial score (nSPS) is 15.7. The van der Waals surface area contributed by atoms with Gasteiger partial charge in [0.25, 0.3) is 0 Å². The number of anilines is 2. The Balaban J connectivity index is 1.77. The number of carbonyl (C=O) groups is 1. The van der Waals surface area contributed by atoms with Crippen LogP contribution in [0.2, 0.25) is 5.02 Å². The molecule has 6 heteroatoms. The van der Waals surface area contributed by atoms with Crippen LogP contribution < -0.4 is 19.7 Å². The van der Waals surface area contributed by atoms with Crippen LogP contribution in [0.5, 0.6) is 11.5 Å². The topological polar surface area (TPSA) is 50.8 Å².